The Bertz CT molecular complexity index is 719. The molecule has 22 heavy (non-hydrogen) atoms. The Balaban J connectivity index is 1.57. The lowest BCUT2D eigenvalue weighted by molar-refractivity contribution is -0.115. The van der Waals surface area contributed by atoms with E-state index in [1.807, 2.05) is 12.1 Å². The van der Waals surface area contributed by atoms with E-state index in [4.69, 9.17) is 4.98 Å². The van der Waals surface area contributed by atoms with E-state index in [2.05, 4.69) is 33.6 Å². The number of nitrogens with one attached hydrogen (secondary N) is 1. The first-order chi connectivity index (χ1) is 10.7. The topological polar surface area (TPSA) is 48.5 Å². The number of rotatable bonds is 2. The highest BCUT2D eigenvalue weighted by Gasteiger charge is 2.20. The molecule has 3 heterocycles. The predicted octanol–water partition coefficient (Wildman–Crippen LogP) is 2.06. The molecule has 0 radical (unpaired) electrons. The average molecular weight is 314 g/mol. The molecule has 1 aromatic heterocycles. The number of aromatic nitrogens is 1. The van der Waals surface area contributed by atoms with Crippen LogP contribution in [0.1, 0.15) is 5.56 Å². The van der Waals surface area contributed by atoms with Gasteiger partial charge in [-0.2, -0.15) is 0 Å². The molecule has 1 saturated heterocycles. The van der Waals surface area contributed by atoms with Crippen LogP contribution in [-0.2, 0) is 11.2 Å². The Labute approximate surface area is 133 Å². The van der Waals surface area contributed by atoms with Gasteiger partial charge in [0.05, 0.1) is 12.1 Å². The molecule has 114 valence electrons. The summed E-state index contributed by atoms with van der Waals surface area (Å²) in [6.07, 6.45) is 0.471. The van der Waals surface area contributed by atoms with Gasteiger partial charge in [-0.05, 0) is 24.7 Å². The first-order valence-corrected chi connectivity index (χ1v) is 8.39. The second-order valence-corrected chi connectivity index (χ2v) is 6.74. The number of carbonyl (C=O) groups is 1. The van der Waals surface area contributed by atoms with E-state index in [0.717, 1.165) is 53.8 Å². The smallest absolute Gasteiger partial charge is 0.228 e. The van der Waals surface area contributed by atoms with Gasteiger partial charge in [-0.1, -0.05) is 6.07 Å². The lowest BCUT2D eigenvalue weighted by Gasteiger charge is -2.32. The van der Waals surface area contributed by atoms with Gasteiger partial charge in [0.1, 0.15) is 0 Å². The van der Waals surface area contributed by atoms with Gasteiger partial charge in [0.25, 0.3) is 0 Å². The van der Waals surface area contributed by atoms with Crippen molar-refractivity contribution in [3.05, 3.63) is 29.1 Å². The third-order valence-corrected chi connectivity index (χ3v) is 5.19. The molecular weight excluding hydrogens is 296 g/mol. The van der Waals surface area contributed by atoms with Gasteiger partial charge >= 0.3 is 0 Å². The standard InChI is InChI=1S/C16H18N4OS/c1-19-4-6-20(7-5-19)16-18-14(10-22-16)11-2-3-13-12(8-11)9-15(21)17-13/h2-3,8,10H,4-7,9H2,1H3,(H,17,21). The van der Waals surface area contributed by atoms with E-state index in [1.165, 1.54) is 0 Å². The van der Waals surface area contributed by atoms with E-state index >= 15 is 0 Å². The van der Waals surface area contributed by atoms with Gasteiger partial charge in [0, 0.05) is 42.8 Å². The summed E-state index contributed by atoms with van der Waals surface area (Å²) in [5, 5.41) is 6.07. The van der Waals surface area contributed by atoms with Crippen LogP contribution in [0.25, 0.3) is 11.3 Å². The largest absolute Gasteiger partial charge is 0.346 e. The fourth-order valence-corrected chi connectivity index (χ4v) is 3.82. The zero-order valence-corrected chi connectivity index (χ0v) is 13.3. The molecule has 2 aromatic rings. The van der Waals surface area contributed by atoms with Gasteiger partial charge in [0.15, 0.2) is 5.13 Å². The van der Waals surface area contributed by atoms with E-state index in [9.17, 15) is 4.79 Å². The summed E-state index contributed by atoms with van der Waals surface area (Å²) in [5.74, 6) is 0.0727. The van der Waals surface area contributed by atoms with Crippen molar-refractivity contribution in [2.24, 2.45) is 0 Å². The highest BCUT2D eigenvalue weighted by Crippen LogP contribution is 2.32. The van der Waals surface area contributed by atoms with E-state index in [0.29, 0.717) is 6.42 Å². The fraction of sp³-hybridized carbons (Fsp3) is 0.375. The molecule has 1 fully saturated rings. The number of amides is 1. The molecule has 0 saturated carbocycles. The molecule has 0 aliphatic carbocycles. The summed E-state index contributed by atoms with van der Waals surface area (Å²) in [4.78, 5) is 20.9. The Morgan fingerprint density at radius 1 is 1.23 bits per heavy atom. The molecule has 0 unspecified atom stereocenters. The molecule has 5 nitrogen and oxygen atoms in total. The lowest BCUT2D eigenvalue weighted by Crippen LogP contribution is -2.44. The normalized spacial score (nSPS) is 18.4. The molecule has 2 aliphatic heterocycles. The highest BCUT2D eigenvalue weighted by molar-refractivity contribution is 7.14. The van der Waals surface area contributed by atoms with Gasteiger partial charge < -0.3 is 15.1 Å². The Hall–Kier alpha value is -1.92. The van der Waals surface area contributed by atoms with Crippen LogP contribution in [-0.4, -0.2) is 49.0 Å². The highest BCUT2D eigenvalue weighted by atomic mass is 32.1. The van der Waals surface area contributed by atoms with Crippen LogP contribution in [0.3, 0.4) is 0 Å². The van der Waals surface area contributed by atoms with Crippen molar-refractivity contribution in [1.82, 2.24) is 9.88 Å². The summed E-state index contributed by atoms with van der Waals surface area (Å²) in [6.45, 7) is 4.24. The zero-order chi connectivity index (χ0) is 15.1. The van der Waals surface area contributed by atoms with Crippen LogP contribution in [0.5, 0.6) is 0 Å². The summed E-state index contributed by atoms with van der Waals surface area (Å²) in [6, 6.07) is 6.09. The molecule has 2 aliphatic rings. The van der Waals surface area contributed by atoms with E-state index in [-0.39, 0.29) is 5.91 Å². The van der Waals surface area contributed by atoms with Crippen molar-refractivity contribution in [1.29, 1.82) is 0 Å². The minimum Gasteiger partial charge on any atom is -0.346 e. The maximum atomic E-state index is 11.4. The Morgan fingerprint density at radius 2 is 2.05 bits per heavy atom. The second-order valence-electron chi connectivity index (χ2n) is 5.90. The number of anilines is 2. The van der Waals surface area contributed by atoms with Gasteiger partial charge in [-0.3, -0.25) is 4.79 Å². The molecule has 1 aromatic carbocycles. The lowest BCUT2D eigenvalue weighted by atomic mass is 10.1. The van der Waals surface area contributed by atoms with Crippen molar-refractivity contribution < 1.29 is 4.79 Å². The quantitative estimate of drug-likeness (QED) is 0.922. The number of thiazole rings is 1. The summed E-state index contributed by atoms with van der Waals surface area (Å²) < 4.78 is 0. The van der Waals surface area contributed by atoms with Gasteiger partial charge in [-0.25, -0.2) is 4.98 Å². The number of piperazine rings is 1. The van der Waals surface area contributed by atoms with Crippen molar-refractivity contribution in [3.63, 3.8) is 0 Å². The number of likely N-dealkylation sites (N-methyl/N-ethyl adjacent to an activating group) is 1. The van der Waals surface area contributed by atoms with Crippen LogP contribution in [0.15, 0.2) is 23.6 Å². The maximum Gasteiger partial charge on any atom is 0.228 e. The Kier molecular flexibility index (Phi) is 3.35. The number of hydrogen-bond acceptors (Lipinski definition) is 5. The minimum atomic E-state index is 0.0727. The maximum absolute atomic E-state index is 11.4. The first-order valence-electron chi connectivity index (χ1n) is 7.51. The number of hydrogen-bond donors (Lipinski definition) is 1. The second kappa shape index (κ2) is 5.37. The molecule has 1 N–H and O–H groups in total. The summed E-state index contributed by atoms with van der Waals surface area (Å²) in [7, 11) is 2.16. The molecule has 0 bridgehead atoms. The number of nitrogens with zero attached hydrogens (tertiary/aromatic N) is 3. The van der Waals surface area contributed by atoms with Crippen molar-refractivity contribution in [3.8, 4) is 11.3 Å². The van der Waals surface area contributed by atoms with Crippen molar-refractivity contribution in [2.45, 2.75) is 6.42 Å². The third-order valence-electron chi connectivity index (χ3n) is 4.29. The monoisotopic (exact) mass is 314 g/mol. The van der Waals surface area contributed by atoms with Gasteiger partial charge in [0.2, 0.25) is 5.91 Å². The summed E-state index contributed by atoms with van der Waals surface area (Å²) >= 11 is 1.70. The van der Waals surface area contributed by atoms with Crippen LogP contribution < -0.4 is 10.2 Å². The first kappa shape index (κ1) is 13.7. The fourth-order valence-electron chi connectivity index (χ4n) is 2.93. The molecule has 0 atom stereocenters. The molecule has 0 spiro atoms. The van der Waals surface area contributed by atoms with Gasteiger partial charge in [-0.15, -0.1) is 11.3 Å². The average Bonchev–Trinajstić information content (AvgIpc) is 3.12. The zero-order valence-electron chi connectivity index (χ0n) is 12.5. The molecular formula is C16H18N4OS. The number of benzene rings is 1. The van der Waals surface area contributed by atoms with Crippen LogP contribution in [0, 0.1) is 0 Å². The molecule has 1 amide bonds. The third kappa shape index (κ3) is 2.48. The van der Waals surface area contributed by atoms with Crippen LogP contribution in [0.2, 0.25) is 0 Å². The van der Waals surface area contributed by atoms with Crippen molar-refractivity contribution >= 4 is 28.1 Å². The number of carbonyl (C=O) groups excluding carboxylic acids is 1. The Morgan fingerprint density at radius 3 is 2.86 bits per heavy atom. The van der Waals surface area contributed by atoms with Crippen LogP contribution in [0.4, 0.5) is 10.8 Å². The van der Waals surface area contributed by atoms with Crippen LogP contribution >= 0.6 is 11.3 Å². The number of fused-ring (bicyclic) bond motifs is 1. The molecule has 4 rings (SSSR count). The van der Waals surface area contributed by atoms with E-state index < -0.39 is 0 Å². The minimum absolute atomic E-state index is 0.0727. The van der Waals surface area contributed by atoms with Crippen molar-refractivity contribution in [2.75, 3.05) is 43.4 Å². The molecule has 6 heteroatoms. The van der Waals surface area contributed by atoms with E-state index in [1.54, 1.807) is 11.3 Å². The SMILES string of the molecule is CN1CCN(c2nc(-c3ccc4c(c3)CC(=O)N4)cs2)CC1. The predicted molar refractivity (Wildman–Crippen MR) is 89.6 cm³/mol. The summed E-state index contributed by atoms with van der Waals surface area (Å²) in [5.41, 5.74) is 4.09.